The smallest absolute Gasteiger partial charge is 0.245 e. The second kappa shape index (κ2) is 21.0. The molecule has 35 heavy (non-hydrogen) atoms. The van der Waals surface area contributed by atoms with E-state index in [-0.39, 0.29) is 24.2 Å². The van der Waals surface area contributed by atoms with E-state index in [1.807, 2.05) is 0 Å². The molecule has 2 amide bonds. The number of aromatic hydroxyl groups is 1. The highest BCUT2D eigenvalue weighted by atomic mass is 16.5. The molecule has 1 aromatic rings. The van der Waals surface area contributed by atoms with Gasteiger partial charge in [0.1, 0.15) is 6.61 Å². The average Bonchev–Trinajstić information content (AvgIpc) is 2.86. The highest BCUT2D eigenvalue weighted by Crippen LogP contribution is 2.26. The molecule has 1 aromatic carbocycles. The minimum atomic E-state index is -0.0891. The monoisotopic (exact) mass is 496 g/mol. The highest BCUT2D eigenvalue weighted by molar-refractivity contribution is 5.77. The van der Waals surface area contributed by atoms with Crippen molar-refractivity contribution in [3.63, 3.8) is 0 Å². The lowest BCUT2D eigenvalue weighted by atomic mass is 10.1. The van der Waals surface area contributed by atoms with Gasteiger partial charge in [0.05, 0.1) is 33.5 Å². The number of rotatable bonds is 22. The summed E-state index contributed by atoms with van der Waals surface area (Å²) in [4.78, 5) is 23.7. The van der Waals surface area contributed by atoms with Crippen LogP contribution in [0.3, 0.4) is 0 Å². The second-order valence-electron chi connectivity index (χ2n) is 8.37. The number of nitrogens with one attached hydrogen (secondary N) is 2. The number of phenols is 1. The predicted octanol–water partition coefficient (Wildman–Crippen LogP) is 3.32. The van der Waals surface area contributed by atoms with Gasteiger partial charge in [-0.2, -0.15) is 0 Å². The number of unbranched alkanes of at least 4 members (excludes halogenated alkanes) is 7. The predicted molar refractivity (Wildman–Crippen MR) is 135 cm³/mol. The number of phenolic OH excluding ortho intramolecular Hbond substituents is 1. The molecule has 0 aliphatic rings. The maximum atomic E-state index is 12.0. The van der Waals surface area contributed by atoms with Gasteiger partial charge in [-0.15, -0.1) is 0 Å². The van der Waals surface area contributed by atoms with Crippen LogP contribution < -0.4 is 15.4 Å². The largest absolute Gasteiger partial charge is 0.504 e. The summed E-state index contributed by atoms with van der Waals surface area (Å²) in [5.41, 5.74) is 0.889. The molecule has 0 saturated carbocycles. The van der Waals surface area contributed by atoms with E-state index < -0.39 is 0 Å². The highest BCUT2D eigenvalue weighted by Gasteiger charge is 2.05. The van der Waals surface area contributed by atoms with Crippen molar-refractivity contribution >= 4 is 11.8 Å². The van der Waals surface area contributed by atoms with Crippen molar-refractivity contribution in [3.8, 4) is 11.5 Å². The van der Waals surface area contributed by atoms with Gasteiger partial charge in [0.15, 0.2) is 11.5 Å². The lowest BCUT2D eigenvalue weighted by Gasteiger charge is -2.08. The van der Waals surface area contributed by atoms with Crippen LogP contribution in [0.2, 0.25) is 0 Å². The number of amides is 2. The summed E-state index contributed by atoms with van der Waals surface area (Å²) >= 11 is 0. The first kappa shape index (κ1) is 30.7. The molecule has 0 aliphatic carbocycles. The Kier molecular flexibility index (Phi) is 18.4. The Balaban J connectivity index is 1.86. The minimum absolute atomic E-state index is 0.0416. The molecule has 9 nitrogen and oxygen atoms in total. The molecule has 1 rings (SSSR count). The Morgan fingerprint density at radius 3 is 2.17 bits per heavy atom. The molecule has 0 bridgehead atoms. The Labute approximate surface area is 209 Å². The van der Waals surface area contributed by atoms with Crippen molar-refractivity contribution < 1.29 is 33.6 Å². The molecule has 0 heterocycles. The molecule has 0 radical (unpaired) electrons. The first-order valence-electron chi connectivity index (χ1n) is 12.6. The number of carbonyl (C=O) groups excluding carboxylic acids is 2. The summed E-state index contributed by atoms with van der Waals surface area (Å²) in [5.74, 6) is 0.447. The van der Waals surface area contributed by atoms with Crippen LogP contribution in [0, 0.1) is 0 Å². The van der Waals surface area contributed by atoms with Gasteiger partial charge in [-0.1, -0.05) is 44.6 Å². The van der Waals surface area contributed by atoms with E-state index in [1.165, 1.54) is 20.0 Å². The molecular formula is C26H44N2O7. The summed E-state index contributed by atoms with van der Waals surface area (Å²) in [5, 5.41) is 15.4. The zero-order valence-corrected chi connectivity index (χ0v) is 21.4. The van der Waals surface area contributed by atoms with Gasteiger partial charge < -0.3 is 34.7 Å². The third kappa shape index (κ3) is 16.8. The van der Waals surface area contributed by atoms with Crippen LogP contribution in [0.1, 0.15) is 63.4 Å². The van der Waals surface area contributed by atoms with Gasteiger partial charge in [-0.25, -0.2) is 0 Å². The second-order valence-corrected chi connectivity index (χ2v) is 8.37. The van der Waals surface area contributed by atoms with Crippen molar-refractivity contribution in [3.05, 3.63) is 23.8 Å². The van der Waals surface area contributed by atoms with Crippen LogP contribution >= 0.6 is 0 Å². The summed E-state index contributed by atoms with van der Waals surface area (Å²) < 4.78 is 20.5. The standard InChI is InChI=1S/C26H44N2O7/c1-32-15-16-34-17-18-35-21-26(31)27-14-10-8-6-4-3-5-7-9-11-25(30)28-20-22-12-13-23(29)24(19-22)33-2/h12-13,19,29H,3-11,14-18,20-21H2,1-2H3,(H,27,31)(H,28,30). The van der Waals surface area contributed by atoms with Crippen molar-refractivity contribution in [2.24, 2.45) is 0 Å². The molecule has 3 N–H and O–H groups in total. The van der Waals surface area contributed by atoms with Crippen molar-refractivity contribution in [2.75, 3.05) is 53.8 Å². The Hall–Kier alpha value is -2.36. The van der Waals surface area contributed by atoms with Gasteiger partial charge in [0, 0.05) is 26.6 Å². The van der Waals surface area contributed by atoms with Gasteiger partial charge >= 0.3 is 0 Å². The van der Waals surface area contributed by atoms with Gasteiger partial charge in [0.2, 0.25) is 11.8 Å². The van der Waals surface area contributed by atoms with Gasteiger partial charge in [0.25, 0.3) is 0 Å². The van der Waals surface area contributed by atoms with Crippen molar-refractivity contribution in [1.29, 1.82) is 0 Å². The van der Waals surface area contributed by atoms with Crippen LogP contribution in [0.5, 0.6) is 11.5 Å². The van der Waals surface area contributed by atoms with Crippen LogP contribution in [-0.4, -0.2) is 70.7 Å². The van der Waals surface area contributed by atoms with Crippen LogP contribution in [0.4, 0.5) is 0 Å². The van der Waals surface area contributed by atoms with Gasteiger partial charge in [-0.3, -0.25) is 9.59 Å². The molecule has 0 atom stereocenters. The zero-order chi connectivity index (χ0) is 25.6. The summed E-state index contributed by atoms with van der Waals surface area (Å²) in [6.45, 7) is 3.11. The van der Waals surface area contributed by atoms with E-state index in [1.54, 1.807) is 25.3 Å². The van der Waals surface area contributed by atoms with E-state index in [4.69, 9.17) is 18.9 Å². The Bertz CT molecular complexity index is 700. The minimum Gasteiger partial charge on any atom is -0.504 e. The van der Waals surface area contributed by atoms with Crippen LogP contribution in [0.25, 0.3) is 0 Å². The maximum absolute atomic E-state index is 12.0. The third-order valence-corrected chi connectivity index (χ3v) is 5.42. The normalized spacial score (nSPS) is 10.8. The lowest BCUT2D eigenvalue weighted by molar-refractivity contribution is -0.126. The topological polar surface area (TPSA) is 115 Å². The quantitative estimate of drug-likeness (QED) is 0.211. The molecule has 200 valence electrons. The first-order valence-corrected chi connectivity index (χ1v) is 12.6. The summed E-state index contributed by atoms with van der Waals surface area (Å²) in [7, 11) is 3.12. The Morgan fingerprint density at radius 1 is 0.800 bits per heavy atom. The molecule has 0 spiro atoms. The van der Waals surface area contributed by atoms with Crippen molar-refractivity contribution in [2.45, 2.75) is 64.3 Å². The average molecular weight is 497 g/mol. The number of benzene rings is 1. The molecule has 0 aromatic heterocycles. The fraction of sp³-hybridized carbons (Fsp3) is 0.692. The van der Waals surface area contributed by atoms with Crippen molar-refractivity contribution in [1.82, 2.24) is 10.6 Å². The SMILES string of the molecule is COCCOCCOCC(=O)NCCCCCCCCCCC(=O)NCc1ccc(O)c(OC)c1. The summed E-state index contributed by atoms with van der Waals surface area (Å²) in [6.07, 6.45) is 9.16. The molecule has 0 unspecified atom stereocenters. The number of carbonyl (C=O) groups is 2. The molecule has 0 aliphatic heterocycles. The molecule has 0 saturated heterocycles. The van der Waals surface area contributed by atoms with E-state index in [9.17, 15) is 14.7 Å². The Morgan fingerprint density at radius 2 is 1.46 bits per heavy atom. The van der Waals surface area contributed by atoms with E-state index >= 15 is 0 Å². The van der Waals surface area contributed by atoms with Gasteiger partial charge in [-0.05, 0) is 30.5 Å². The zero-order valence-electron chi connectivity index (χ0n) is 21.4. The number of ether oxygens (including phenoxy) is 4. The first-order chi connectivity index (χ1) is 17.1. The number of hydrogen-bond acceptors (Lipinski definition) is 7. The summed E-state index contributed by atoms with van der Waals surface area (Å²) in [6, 6.07) is 5.06. The molecule has 9 heteroatoms. The van der Waals surface area contributed by atoms with Crippen LogP contribution in [0.15, 0.2) is 18.2 Å². The number of methoxy groups -OCH3 is 2. The van der Waals surface area contributed by atoms with E-state index in [2.05, 4.69) is 10.6 Å². The van der Waals surface area contributed by atoms with E-state index in [0.717, 1.165) is 44.1 Å². The van der Waals surface area contributed by atoms with E-state index in [0.29, 0.717) is 51.7 Å². The lowest BCUT2D eigenvalue weighted by Crippen LogP contribution is -2.29. The fourth-order valence-corrected chi connectivity index (χ4v) is 3.40. The van der Waals surface area contributed by atoms with Crippen LogP contribution in [-0.2, 0) is 30.3 Å². The maximum Gasteiger partial charge on any atom is 0.245 e. The molecular weight excluding hydrogens is 452 g/mol. The third-order valence-electron chi connectivity index (χ3n) is 5.42. The fourth-order valence-electron chi connectivity index (χ4n) is 3.40. The number of hydrogen-bond donors (Lipinski definition) is 3. The molecule has 0 fully saturated rings.